The first-order valence-corrected chi connectivity index (χ1v) is 13.2. The molecule has 10 nitrogen and oxygen atoms in total. The van der Waals surface area contributed by atoms with E-state index < -0.39 is 41.0 Å². The van der Waals surface area contributed by atoms with Gasteiger partial charge in [0.25, 0.3) is 5.91 Å². The second kappa shape index (κ2) is 9.99. The Balaban J connectivity index is 1.47. The van der Waals surface area contributed by atoms with E-state index in [0.717, 1.165) is 10.9 Å². The van der Waals surface area contributed by atoms with Crippen molar-refractivity contribution in [1.82, 2.24) is 15.2 Å². The van der Waals surface area contributed by atoms with Crippen LogP contribution in [0.5, 0.6) is 5.75 Å². The smallest absolute Gasteiger partial charge is 0.268 e. The number of fused-ring (bicyclic) bond motifs is 3. The zero-order valence-electron chi connectivity index (χ0n) is 23.2. The van der Waals surface area contributed by atoms with Gasteiger partial charge in [-0.05, 0) is 57.5 Å². The normalized spacial score (nSPS) is 21.6. The van der Waals surface area contributed by atoms with Gasteiger partial charge in [-0.15, -0.1) is 0 Å². The summed E-state index contributed by atoms with van der Waals surface area (Å²) in [4.78, 5) is 45.3. The van der Waals surface area contributed by atoms with Crippen LogP contribution in [0.4, 0.5) is 5.69 Å². The van der Waals surface area contributed by atoms with Gasteiger partial charge < -0.3 is 30.0 Å². The summed E-state index contributed by atoms with van der Waals surface area (Å²) in [6.45, 7) is 7.32. The van der Waals surface area contributed by atoms with Crippen molar-refractivity contribution < 1.29 is 23.9 Å². The lowest BCUT2D eigenvalue weighted by Crippen LogP contribution is -2.56. The van der Waals surface area contributed by atoms with Crippen LogP contribution in [-0.2, 0) is 19.7 Å². The first-order chi connectivity index (χ1) is 19.0. The minimum Gasteiger partial charge on any atom is -0.496 e. The van der Waals surface area contributed by atoms with Gasteiger partial charge >= 0.3 is 0 Å². The number of ether oxygens (including phenoxy) is 2. The highest BCUT2D eigenvalue weighted by Gasteiger charge is 2.56. The van der Waals surface area contributed by atoms with Crippen molar-refractivity contribution in [2.24, 2.45) is 0 Å². The van der Waals surface area contributed by atoms with Gasteiger partial charge in [0.05, 0.1) is 30.3 Å². The average molecular weight is 544 g/mol. The molecule has 3 aromatic rings. The number of aromatic nitrogens is 1. The van der Waals surface area contributed by atoms with E-state index in [-0.39, 0.29) is 24.6 Å². The van der Waals surface area contributed by atoms with Crippen molar-refractivity contribution in [3.05, 3.63) is 59.8 Å². The third-order valence-corrected chi connectivity index (χ3v) is 7.57. The Morgan fingerprint density at radius 3 is 2.65 bits per heavy atom. The van der Waals surface area contributed by atoms with Crippen LogP contribution >= 0.6 is 0 Å². The number of amides is 3. The maximum Gasteiger partial charge on any atom is 0.268 e. The fraction of sp³-hybridized carbons (Fsp3) is 0.400. The Labute approximate surface area is 232 Å². The number of hydrogen-bond acceptors (Lipinski definition) is 6. The minimum atomic E-state index is -1.12. The summed E-state index contributed by atoms with van der Waals surface area (Å²) < 4.78 is 11.5. The summed E-state index contributed by atoms with van der Waals surface area (Å²) in [6.07, 6.45) is -0.578. The molecule has 10 heteroatoms. The molecule has 208 valence electrons. The number of carbonyl (C=O) groups is 3. The van der Waals surface area contributed by atoms with E-state index in [9.17, 15) is 19.6 Å². The van der Waals surface area contributed by atoms with Crippen molar-refractivity contribution in [1.29, 1.82) is 5.26 Å². The fourth-order valence-corrected chi connectivity index (χ4v) is 5.82. The molecule has 4 atom stereocenters. The third-order valence-electron chi connectivity index (χ3n) is 7.57. The van der Waals surface area contributed by atoms with Crippen LogP contribution in [0.25, 0.3) is 10.9 Å². The summed E-state index contributed by atoms with van der Waals surface area (Å²) >= 11 is 0. The highest BCUT2D eigenvalue weighted by atomic mass is 16.5. The van der Waals surface area contributed by atoms with Gasteiger partial charge in [-0.2, -0.15) is 5.26 Å². The van der Waals surface area contributed by atoms with Crippen LogP contribution in [0.1, 0.15) is 50.2 Å². The minimum absolute atomic E-state index is 0.0189. The lowest BCUT2D eigenvalue weighted by atomic mass is 9.80. The molecule has 5 rings (SSSR count). The number of rotatable bonds is 6. The van der Waals surface area contributed by atoms with Gasteiger partial charge in [-0.3, -0.25) is 14.4 Å². The number of likely N-dealkylation sites (tertiary alicyclic amines) is 1. The van der Waals surface area contributed by atoms with Crippen LogP contribution in [0.3, 0.4) is 0 Å². The highest BCUT2D eigenvalue weighted by molar-refractivity contribution is 6.07. The van der Waals surface area contributed by atoms with E-state index in [0.29, 0.717) is 17.0 Å². The standard InChI is InChI=1S/C30H33N5O5/c1-17(40-29(2,3)4)25(34-26(36)23-13-19-21(32-23)11-8-12-24(19)39-5)27(37)35-16-30(14-18(35)15-31)20-9-6-7-10-22(20)33-28(30)38/h6-13,17-18,25,32H,14,16H2,1-5H3,(H,33,38)(H,34,36)/t17?,18-,25?,30-/m0/s1. The zero-order valence-corrected chi connectivity index (χ0v) is 23.2. The predicted molar refractivity (Wildman–Crippen MR) is 149 cm³/mol. The molecule has 3 amide bonds. The number of nitrogens with one attached hydrogen (secondary N) is 3. The number of nitrogens with zero attached hydrogens (tertiary/aromatic N) is 2. The molecule has 0 aliphatic carbocycles. The molecule has 2 aromatic carbocycles. The first kappa shape index (κ1) is 27.2. The molecule has 3 heterocycles. The topological polar surface area (TPSA) is 137 Å². The van der Waals surface area contributed by atoms with Crippen LogP contribution in [0, 0.1) is 11.3 Å². The lowest BCUT2D eigenvalue weighted by molar-refractivity contribution is -0.141. The molecular formula is C30H33N5O5. The van der Waals surface area contributed by atoms with Crippen molar-refractivity contribution in [3.8, 4) is 11.8 Å². The maximum absolute atomic E-state index is 14.2. The van der Waals surface area contributed by atoms with E-state index >= 15 is 0 Å². The van der Waals surface area contributed by atoms with E-state index in [1.165, 1.54) is 4.90 Å². The molecule has 0 radical (unpaired) electrons. The van der Waals surface area contributed by atoms with Crippen LogP contribution in [-0.4, -0.2) is 65.0 Å². The Morgan fingerprint density at radius 1 is 1.20 bits per heavy atom. The number of anilines is 1. The van der Waals surface area contributed by atoms with Gasteiger partial charge in [-0.1, -0.05) is 24.3 Å². The number of H-pyrrole nitrogens is 1. The van der Waals surface area contributed by atoms with E-state index in [1.807, 2.05) is 57.2 Å². The predicted octanol–water partition coefficient (Wildman–Crippen LogP) is 3.49. The Morgan fingerprint density at radius 2 is 1.95 bits per heavy atom. The number of methoxy groups -OCH3 is 1. The second-order valence-corrected chi connectivity index (χ2v) is 11.4. The molecule has 1 aromatic heterocycles. The molecule has 2 unspecified atom stereocenters. The maximum atomic E-state index is 14.2. The number of nitriles is 1. The van der Waals surface area contributed by atoms with E-state index in [2.05, 4.69) is 21.7 Å². The van der Waals surface area contributed by atoms with Crippen molar-refractivity contribution >= 4 is 34.3 Å². The summed E-state index contributed by atoms with van der Waals surface area (Å²) in [5.74, 6) is -0.623. The van der Waals surface area contributed by atoms with Gasteiger partial charge in [0.2, 0.25) is 11.8 Å². The SMILES string of the molecule is COc1cccc2[nH]c(C(=O)NC(C(=O)N3C[C@]4(C[C@H]3C#N)C(=O)Nc3ccccc34)C(C)OC(C)(C)C)cc12. The summed E-state index contributed by atoms with van der Waals surface area (Å²) in [6, 6.07) is 14.7. The molecule has 1 fully saturated rings. The van der Waals surface area contributed by atoms with E-state index in [1.54, 1.807) is 26.2 Å². The van der Waals surface area contributed by atoms with Crippen LogP contribution in [0.2, 0.25) is 0 Å². The van der Waals surface area contributed by atoms with Crippen molar-refractivity contribution in [2.45, 2.75) is 63.3 Å². The second-order valence-electron chi connectivity index (χ2n) is 11.4. The molecular weight excluding hydrogens is 510 g/mol. The number of para-hydroxylation sites is 1. The quantitative estimate of drug-likeness (QED) is 0.435. The largest absolute Gasteiger partial charge is 0.496 e. The highest BCUT2D eigenvalue weighted by Crippen LogP contribution is 2.46. The van der Waals surface area contributed by atoms with Gasteiger partial charge in [0.15, 0.2) is 0 Å². The monoisotopic (exact) mass is 543 g/mol. The summed E-state index contributed by atoms with van der Waals surface area (Å²) in [7, 11) is 1.55. The number of benzene rings is 2. The van der Waals surface area contributed by atoms with Crippen LogP contribution < -0.4 is 15.4 Å². The molecule has 0 saturated carbocycles. The van der Waals surface area contributed by atoms with Gasteiger partial charge in [0, 0.05) is 29.6 Å². The van der Waals surface area contributed by atoms with Crippen molar-refractivity contribution in [2.75, 3.05) is 19.0 Å². The lowest BCUT2D eigenvalue weighted by Gasteiger charge is -2.33. The van der Waals surface area contributed by atoms with Crippen molar-refractivity contribution in [3.63, 3.8) is 0 Å². The Bertz CT molecular complexity index is 1530. The molecule has 1 spiro atoms. The molecule has 0 bridgehead atoms. The number of carbonyl (C=O) groups excluding carboxylic acids is 3. The number of hydrogen-bond donors (Lipinski definition) is 3. The number of aromatic amines is 1. The Hall–Kier alpha value is -4.36. The summed E-state index contributed by atoms with van der Waals surface area (Å²) in [5.41, 5.74) is 0.761. The fourth-order valence-electron chi connectivity index (χ4n) is 5.82. The third kappa shape index (κ3) is 4.67. The van der Waals surface area contributed by atoms with Gasteiger partial charge in [-0.25, -0.2) is 0 Å². The summed E-state index contributed by atoms with van der Waals surface area (Å²) in [5, 5.41) is 16.5. The molecule has 40 heavy (non-hydrogen) atoms. The van der Waals surface area contributed by atoms with E-state index in [4.69, 9.17) is 9.47 Å². The Kier molecular flexibility index (Phi) is 6.80. The molecule has 2 aliphatic heterocycles. The molecule has 3 N–H and O–H groups in total. The molecule has 1 saturated heterocycles. The van der Waals surface area contributed by atoms with Gasteiger partial charge in [0.1, 0.15) is 23.5 Å². The van der Waals surface area contributed by atoms with Crippen LogP contribution in [0.15, 0.2) is 48.5 Å². The zero-order chi connectivity index (χ0) is 28.8. The first-order valence-electron chi connectivity index (χ1n) is 13.2. The molecule has 2 aliphatic rings. The average Bonchev–Trinajstić information content (AvgIpc) is 3.60.